The zero-order valence-corrected chi connectivity index (χ0v) is 14.7. The topological polar surface area (TPSA) is 87.7 Å². The summed E-state index contributed by atoms with van der Waals surface area (Å²) in [6.45, 7) is 4.03. The average molecular weight is 365 g/mol. The van der Waals surface area contributed by atoms with Gasteiger partial charge in [0.15, 0.2) is 11.5 Å². The van der Waals surface area contributed by atoms with Gasteiger partial charge >= 0.3 is 6.03 Å². The van der Waals surface area contributed by atoms with Crippen LogP contribution in [0.2, 0.25) is 0 Å². The number of hydrogen-bond acceptors (Lipinski definition) is 5. The molecule has 1 aromatic heterocycles. The summed E-state index contributed by atoms with van der Waals surface area (Å²) in [6, 6.07) is 11.0. The van der Waals surface area contributed by atoms with Gasteiger partial charge in [0.2, 0.25) is 0 Å². The Bertz CT molecular complexity index is 877. The van der Waals surface area contributed by atoms with E-state index in [1.807, 2.05) is 24.3 Å². The zero-order chi connectivity index (χ0) is 18.4. The second-order valence-electron chi connectivity index (χ2n) is 7.51. The number of carbonyl (C=O) groups is 2. The van der Waals surface area contributed by atoms with E-state index in [0.717, 1.165) is 24.3 Å². The van der Waals surface area contributed by atoms with Crippen molar-refractivity contribution in [3.8, 4) is 0 Å². The number of aromatic nitrogens is 2. The minimum atomic E-state index is -0.228. The first-order chi connectivity index (χ1) is 13.1. The van der Waals surface area contributed by atoms with Gasteiger partial charge in [-0.05, 0) is 23.3 Å². The maximum atomic E-state index is 12.4. The second-order valence-corrected chi connectivity index (χ2v) is 7.51. The van der Waals surface area contributed by atoms with Gasteiger partial charge in [0.1, 0.15) is 0 Å². The number of carbonyl (C=O) groups excluding carboxylic acids is 2. The molecule has 2 saturated heterocycles. The summed E-state index contributed by atoms with van der Waals surface area (Å²) >= 11 is 0. The van der Waals surface area contributed by atoms with Crippen LogP contribution in [-0.2, 0) is 17.8 Å². The predicted octanol–water partition coefficient (Wildman–Crippen LogP) is 1.50. The number of nitrogens with one attached hydrogen (secondary N) is 1. The molecular weight excluding hydrogens is 346 g/mol. The Hall–Kier alpha value is -3.00. The first kappa shape index (κ1) is 16.2. The van der Waals surface area contributed by atoms with Gasteiger partial charge in [0.05, 0.1) is 18.6 Å². The van der Waals surface area contributed by atoms with Gasteiger partial charge in [-0.15, -0.1) is 10.2 Å². The molecule has 0 bridgehead atoms. The quantitative estimate of drug-likeness (QED) is 0.871. The minimum absolute atomic E-state index is 0.132. The van der Waals surface area contributed by atoms with Crippen molar-refractivity contribution in [2.45, 2.75) is 13.1 Å². The van der Waals surface area contributed by atoms with Crippen LogP contribution < -0.4 is 5.32 Å². The number of anilines is 1. The summed E-state index contributed by atoms with van der Waals surface area (Å²) in [5.41, 5.74) is 2.77. The summed E-state index contributed by atoms with van der Waals surface area (Å²) in [5, 5.41) is 10.7. The molecule has 3 aliphatic rings. The molecule has 2 aromatic rings. The molecule has 8 heteroatoms. The first-order valence-electron chi connectivity index (χ1n) is 8.95. The van der Waals surface area contributed by atoms with Crippen molar-refractivity contribution in [1.29, 1.82) is 0 Å². The van der Waals surface area contributed by atoms with Crippen molar-refractivity contribution in [2.24, 2.45) is 5.41 Å². The van der Waals surface area contributed by atoms with Crippen LogP contribution in [0, 0.1) is 5.41 Å². The lowest BCUT2D eigenvalue weighted by atomic mass is 9.78. The van der Waals surface area contributed by atoms with Gasteiger partial charge in [-0.3, -0.25) is 10.1 Å². The standard InChI is InChI=1S/C19H19N5O3/c25-17(24-9-19(10-24)11-27-12-19)15-5-6-16(22-21-15)20-18(26)23-7-13-3-1-2-4-14(13)8-23/h1-6H,7-12H2,(H,20,22,26). The van der Waals surface area contributed by atoms with Crippen LogP contribution in [0.4, 0.5) is 10.6 Å². The van der Waals surface area contributed by atoms with E-state index in [9.17, 15) is 9.59 Å². The number of likely N-dealkylation sites (tertiary alicyclic amines) is 1. The lowest BCUT2D eigenvalue weighted by molar-refractivity contribution is -0.176. The van der Waals surface area contributed by atoms with Crippen LogP contribution in [-0.4, -0.2) is 58.2 Å². The minimum Gasteiger partial charge on any atom is -0.380 e. The number of rotatable bonds is 2. The third-order valence-electron chi connectivity index (χ3n) is 5.40. The fourth-order valence-electron chi connectivity index (χ4n) is 3.82. The molecule has 3 amide bonds. The Morgan fingerprint density at radius 1 is 0.963 bits per heavy atom. The monoisotopic (exact) mass is 365 g/mol. The van der Waals surface area contributed by atoms with Gasteiger partial charge < -0.3 is 14.5 Å². The van der Waals surface area contributed by atoms with E-state index in [2.05, 4.69) is 15.5 Å². The largest absolute Gasteiger partial charge is 0.380 e. The lowest BCUT2D eigenvalue weighted by Crippen LogP contribution is -2.67. The van der Waals surface area contributed by atoms with Gasteiger partial charge in [-0.2, -0.15) is 0 Å². The van der Waals surface area contributed by atoms with Gasteiger partial charge in [0.25, 0.3) is 5.91 Å². The summed E-state index contributed by atoms with van der Waals surface area (Å²) in [6.07, 6.45) is 0. The van der Waals surface area contributed by atoms with Crippen LogP contribution in [0.25, 0.3) is 0 Å². The second kappa shape index (κ2) is 6.02. The zero-order valence-electron chi connectivity index (χ0n) is 14.7. The van der Waals surface area contributed by atoms with Crippen molar-refractivity contribution >= 4 is 17.8 Å². The highest BCUT2D eigenvalue weighted by molar-refractivity contribution is 5.93. The van der Waals surface area contributed by atoms with Crippen molar-refractivity contribution < 1.29 is 14.3 Å². The molecule has 27 heavy (non-hydrogen) atoms. The van der Waals surface area contributed by atoms with E-state index in [0.29, 0.717) is 32.0 Å². The van der Waals surface area contributed by atoms with E-state index in [4.69, 9.17) is 4.74 Å². The third-order valence-corrected chi connectivity index (χ3v) is 5.40. The maximum Gasteiger partial charge on any atom is 0.323 e. The number of amides is 3. The van der Waals surface area contributed by atoms with Gasteiger partial charge in [0, 0.05) is 26.2 Å². The molecule has 0 radical (unpaired) electrons. The SMILES string of the molecule is O=C(Nc1ccc(C(=O)N2CC3(COC3)C2)nn1)N1Cc2ccccc2C1. The van der Waals surface area contributed by atoms with Crippen molar-refractivity contribution in [1.82, 2.24) is 20.0 Å². The number of hydrogen-bond donors (Lipinski definition) is 1. The molecular formula is C19H19N5O3. The van der Waals surface area contributed by atoms with Crippen molar-refractivity contribution in [3.63, 3.8) is 0 Å². The van der Waals surface area contributed by atoms with Gasteiger partial charge in [-0.1, -0.05) is 24.3 Å². The molecule has 3 aliphatic heterocycles. The van der Waals surface area contributed by atoms with E-state index >= 15 is 0 Å². The van der Waals surface area contributed by atoms with Crippen LogP contribution in [0.3, 0.4) is 0 Å². The van der Waals surface area contributed by atoms with Crippen LogP contribution in [0.15, 0.2) is 36.4 Å². The van der Waals surface area contributed by atoms with E-state index in [1.54, 1.807) is 21.9 Å². The molecule has 1 N–H and O–H groups in total. The highest BCUT2D eigenvalue weighted by Crippen LogP contribution is 2.38. The number of fused-ring (bicyclic) bond motifs is 1. The van der Waals surface area contributed by atoms with E-state index in [-0.39, 0.29) is 23.0 Å². The Balaban J connectivity index is 1.19. The normalized spacial score (nSPS) is 19.3. The smallest absolute Gasteiger partial charge is 0.323 e. The highest BCUT2D eigenvalue weighted by atomic mass is 16.5. The molecule has 2 fully saturated rings. The summed E-state index contributed by atoms with van der Waals surface area (Å²) < 4.78 is 5.22. The Morgan fingerprint density at radius 3 is 2.22 bits per heavy atom. The number of benzene rings is 1. The van der Waals surface area contributed by atoms with Crippen LogP contribution >= 0.6 is 0 Å². The third kappa shape index (κ3) is 2.82. The Morgan fingerprint density at radius 2 is 1.67 bits per heavy atom. The average Bonchev–Trinajstić information content (AvgIpc) is 3.04. The van der Waals surface area contributed by atoms with E-state index in [1.165, 1.54) is 0 Å². The number of nitrogens with zero attached hydrogens (tertiary/aromatic N) is 4. The molecule has 0 aliphatic carbocycles. The molecule has 138 valence electrons. The molecule has 0 atom stereocenters. The summed E-state index contributed by atoms with van der Waals surface area (Å²) in [4.78, 5) is 28.3. The summed E-state index contributed by atoms with van der Waals surface area (Å²) in [5.74, 6) is 0.202. The molecule has 0 saturated carbocycles. The van der Waals surface area contributed by atoms with E-state index < -0.39 is 0 Å². The summed E-state index contributed by atoms with van der Waals surface area (Å²) in [7, 11) is 0. The molecule has 1 aromatic carbocycles. The number of ether oxygens (including phenoxy) is 1. The number of urea groups is 1. The molecule has 1 spiro atoms. The highest BCUT2D eigenvalue weighted by Gasteiger charge is 2.50. The fraction of sp³-hybridized carbons (Fsp3) is 0.368. The van der Waals surface area contributed by atoms with Crippen molar-refractivity contribution in [2.75, 3.05) is 31.6 Å². The predicted molar refractivity (Wildman–Crippen MR) is 95.9 cm³/mol. The van der Waals surface area contributed by atoms with Crippen LogP contribution in [0.1, 0.15) is 21.6 Å². The van der Waals surface area contributed by atoms with Gasteiger partial charge in [-0.25, -0.2) is 4.79 Å². The first-order valence-corrected chi connectivity index (χ1v) is 8.95. The lowest BCUT2D eigenvalue weighted by Gasteiger charge is -2.54. The Labute approximate surface area is 156 Å². The maximum absolute atomic E-state index is 12.4. The molecule has 4 heterocycles. The molecule has 0 unspecified atom stereocenters. The Kier molecular flexibility index (Phi) is 3.61. The van der Waals surface area contributed by atoms with Crippen molar-refractivity contribution in [3.05, 3.63) is 53.2 Å². The fourth-order valence-corrected chi connectivity index (χ4v) is 3.82. The molecule has 8 nitrogen and oxygen atoms in total. The van der Waals surface area contributed by atoms with Crippen LogP contribution in [0.5, 0.6) is 0 Å². The molecule has 5 rings (SSSR count).